The molecule has 2 saturated carbocycles. The summed E-state index contributed by atoms with van der Waals surface area (Å²) in [7, 11) is 0. The normalized spacial score (nSPS) is 21.0. The fourth-order valence-electron chi connectivity index (χ4n) is 3.47. The second kappa shape index (κ2) is 6.97. The summed E-state index contributed by atoms with van der Waals surface area (Å²) in [4.78, 5) is 12.7. The molecular formula is C17H24ClFN2O. The second-order valence-electron chi connectivity index (χ2n) is 6.51. The predicted molar refractivity (Wildman–Crippen MR) is 87.5 cm³/mol. The maximum Gasteiger partial charge on any atom is 0.230 e. The van der Waals surface area contributed by atoms with Crippen LogP contribution in [0, 0.1) is 11.7 Å². The molecule has 5 heteroatoms. The van der Waals surface area contributed by atoms with Gasteiger partial charge in [0.15, 0.2) is 0 Å². The number of hydrogen-bond donors (Lipinski definition) is 2. The Bertz CT molecular complexity index is 510. The van der Waals surface area contributed by atoms with Crippen molar-refractivity contribution >= 4 is 18.3 Å². The predicted octanol–water partition coefficient (Wildman–Crippen LogP) is 2.91. The smallest absolute Gasteiger partial charge is 0.230 e. The molecule has 1 aromatic rings. The zero-order valence-corrected chi connectivity index (χ0v) is 13.5. The van der Waals surface area contributed by atoms with Crippen LogP contribution in [0.25, 0.3) is 0 Å². The van der Waals surface area contributed by atoms with Gasteiger partial charge in [0.05, 0.1) is 5.41 Å². The van der Waals surface area contributed by atoms with E-state index in [9.17, 15) is 9.18 Å². The van der Waals surface area contributed by atoms with Crippen LogP contribution in [0.3, 0.4) is 0 Å². The summed E-state index contributed by atoms with van der Waals surface area (Å²) in [5.41, 5.74) is 6.50. The molecule has 1 unspecified atom stereocenters. The minimum atomic E-state index is -0.489. The van der Waals surface area contributed by atoms with Gasteiger partial charge in [0, 0.05) is 12.6 Å². The Hall–Kier alpha value is -1.13. The molecule has 0 bridgehead atoms. The Morgan fingerprint density at radius 3 is 2.41 bits per heavy atom. The van der Waals surface area contributed by atoms with Crippen molar-refractivity contribution < 1.29 is 9.18 Å². The summed E-state index contributed by atoms with van der Waals surface area (Å²) in [6.07, 6.45) is 6.12. The van der Waals surface area contributed by atoms with Crippen molar-refractivity contribution in [2.75, 3.05) is 6.54 Å². The monoisotopic (exact) mass is 326 g/mol. The average Bonchev–Trinajstić information content (AvgIpc) is 3.23. The maximum atomic E-state index is 13.1. The van der Waals surface area contributed by atoms with Gasteiger partial charge in [-0.25, -0.2) is 4.39 Å². The quantitative estimate of drug-likeness (QED) is 0.874. The largest absolute Gasteiger partial charge is 0.354 e. The number of carbonyl (C=O) groups is 1. The Labute approximate surface area is 137 Å². The maximum absolute atomic E-state index is 13.1. The van der Waals surface area contributed by atoms with Gasteiger partial charge >= 0.3 is 0 Å². The van der Waals surface area contributed by atoms with Crippen LogP contribution in [0.1, 0.15) is 44.1 Å². The van der Waals surface area contributed by atoms with Crippen LogP contribution < -0.4 is 11.1 Å². The van der Waals surface area contributed by atoms with Crippen LogP contribution in [-0.4, -0.2) is 18.5 Å². The van der Waals surface area contributed by atoms with Crippen LogP contribution >= 0.6 is 12.4 Å². The standard InChI is InChI=1S/C17H23FN2O.ClH/c18-14-7-5-13(6-8-14)17(9-1-2-10-17)16(21)20-11-15(19)12-3-4-12;/h5-8,12,15H,1-4,9-11,19H2,(H,20,21);1H. The summed E-state index contributed by atoms with van der Waals surface area (Å²) in [5.74, 6) is 0.376. The molecule has 2 aliphatic carbocycles. The molecule has 1 atom stereocenters. The van der Waals surface area contributed by atoms with Crippen molar-refractivity contribution in [3.63, 3.8) is 0 Å². The van der Waals surface area contributed by atoms with E-state index < -0.39 is 5.41 Å². The van der Waals surface area contributed by atoms with Crippen LogP contribution in [0.2, 0.25) is 0 Å². The third kappa shape index (κ3) is 3.44. The van der Waals surface area contributed by atoms with Crippen molar-refractivity contribution in [1.29, 1.82) is 0 Å². The summed E-state index contributed by atoms with van der Waals surface area (Å²) < 4.78 is 13.1. The van der Waals surface area contributed by atoms with Crippen molar-refractivity contribution in [2.45, 2.75) is 50.0 Å². The molecule has 0 saturated heterocycles. The number of halogens is 2. The van der Waals surface area contributed by atoms with E-state index in [4.69, 9.17) is 5.73 Å². The fourth-order valence-corrected chi connectivity index (χ4v) is 3.47. The molecule has 1 aromatic carbocycles. The number of benzene rings is 1. The second-order valence-corrected chi connectivity index (χ2v) is 6.51. The lowest BCUT2D eigenvalue weighted by atomic mass is 9.78. The summed E-state index contributed by atoms with van der Waals surface area (Å²) >= 11 is 0. The first-order valence-electron chi connectivity index (χ1n) is 7.92. The zero-order valence-electron chi connectivity index (χ0n) is 12.7. The Morgan fingerprint density at radius 1 is 1.27 bits per heavy atom. The van der Waals surface area contributed by atoms with E-state index in [1.54, 1.807) is 12.1 Å². The minimum absolute atomic E-state index is 0. The Balaban J connectivity index is 0.00000176. The number of amides is 1. The van der Waals surface area contributed by atoms with E-state index in [1.165, 1.54) is 25.0 Å². The van der Waals surface area contributed by atoms with E-state index in [0.29, 0.717) is 12.5 Å². The van der Waals surface area contributed by atoms with Gasteiger partial charge < -0.3 is 11.1 Å². The summed E-state index contributed by atoms with van der Waals surface area (Å²) in [5, 5.41) is 3.04. The zero-order chi connectivity index (χ0) is 14.9. The van der Waals surface area contributed by atoms with Gasteiger partial charge in [-0.2, -0.15) is 0 Å². The first kappa shape index (κ1) is 17.2. The molecule has 1 amide bonds. The molecule has 0 heterocycles. The van der Waals surface area contributed by atoms with Gasteiger partial charge in [0.25, 0.3) is 0 Å². The molecule has 0 radical (unpaired) electrons. The van der Waals surface area contributed by atoms with Gasteiger partial charge in [0.1, 0.15) is 5.82 Å². The van der Waals surface area contributed by atoms with Crippen molar-refractivity contribution in [3.05, 3.63) is 35.6 Å². The van der Waals surface area contributed by atoms with Crippen LogP contribution in [0.5, 0.6) is 0 Å². The van der Waals surface area contributed by atoms with Crippen LogP contribution in [0.4, 0.5) is 4.39 Å². The van der Waals surface area contributed by atoms with Gasteiger partial charge in [-0.15, -0.1) is 12.4 Å². The number of nitrogens with two attached hydrogens (primary N) is 1. The van der Waals surface area contributed by atoms with E-state index in [-0.39, 0.29) is 30.2 Å². The van der Waals surface area contributed by atoms with Gasteiger partial charge in [0.2, 0.25) is 5.91 Å². The number of hydrogen-bond acceptors (Lipinski definition) is 2. The Morgan fingerprint density at radius 2 is 1.86 bits per heavy atom. The lowest BCUT2D eigenvalue weighted by molar-refractivity contribution is -0.126. The average molecular weight is 327 g/mol. The van der Waals surface area contributed by atoms with Crippen molar-refractivity contribution in [3.8, 4) is 0 Å². The van der Waals surface area contributed by atoms with Crippen LogP contribution in [0.15, 0.2) is 24.3 Å². The molecule has 22 heavy (non-hydrogen) atoms. The lowest BCUT2D eigenvalue weighted by Gasteiger charge is -2.29. The van der Waals surface area contributed by atoms with Crippen molar-refractivity contribution in [2.24, 2.45) is 11.7 Å². The van der Waals surface area contributed by atoms with Gasteiger partial charge in [-0.3, -0.25) is 4.79 Å². The highest BCUT2D eigenvalue weighted by molar-refractivity contribution is 5.88. The van der Waals surface area contributed by atoms with E-state index in [1.807, 2.05) is 0 Å². The van der Waals surface area contributed by atoms with E-state index in [0.717, 1.165) is 31.2 Å². The van der Waals surface area contributed by atoms with E-state index >= 15 is 0 Å². The molecule has 2 aliphatic rings. The highest BCUT2D eigenvalue weighted by Gasteiger charge is 2.42. The fraction of sp³-hybridized carbons (Fsp3) is 0.588. The molecule has 3 rings (SSSR count). The van der Waals surface area contributed by atoms with Crippen LogP contribution in [-0.2, 0) is 10.2 Å². The molecule has 0 aromatic heterocycles. The third-order valence-corrected chi connectivity index (χ3v) is 5.01. The molecule has 122 valence electrons. The third-order valence-electron chi connectivity index (χ3n) is 5.01. The first-order chi connectivity index (χ1) is 10.1. The number of carbonyl (C=O) groups excluding carboxylic acids is 1. The molecule has 0 spiro atoms. The molecule has 3 nitrogen and oxygen atoms in total. The summed E-state index contributed by atoms with van der Waals surface area (Å²) in [6, 6.07) is 6.46. The number of nitrogens with one attached hydrogen (secondary N) is 1. The first-order valence-corrected chi connectivity index (χ1v) is 7.92. The number of rotatable bonds is 5. The summed E-state index contributed by atoms with van der Waals surface area (Å²) in [6.45, 7) is 0.548. The molecule has 0 aliphatic heterocycles. The van der Waals surface area contributed by atoms with Gasteiger partial charge in [-0.05, 0) is 49.3 Å². The molecule has 2 fully saturated rings. The topological polar surface area (TPSA) is 55.1 Å². The highest BCUT2D eigenvalue weighted by Crippen LogP contribution is 2.41. The van der Waals surface area contributed by atoms with Crippen molar-refractivity contribution in [1.82, 2.24) is 5.32 Å². The van der Waals surface area contributed by atoms with E-state index in [2.05, 4.69) is 5.32 Å². The molecule has 3 N–H and O–H groups in total. The van der Waals surface area contributed by atoms with Gasteiger partial charge in [-0.1, -0.05) is 25.0 Å². The SMILES string of the molecule is Cl.NC(CNC(=O)C1(c2ccc(F)cc2)CCCC1)C1CC1. The highest BCUT2D eigenvalue weighted by atomic mass is 35.5. The Kier molecular flexibility index (Phi) is 5.45. The lowest BCUT2D eigenvalue weighted by Crippen LogP contribution is -2.47. The molecular weight excluding hydrogens is 303 g/mol. The minimum Gasteiger partial charge on any atom is -0.354 e.